The van der Waals surface area contributed by atoms with Crippen LogP contribution in [0.15, 0.2) is 24.4 Å². The van der Waals surface area contributed by atoms with Crippen LogP contribution in [0.4, 0.5) is 0 Å². The second-order valence-corrected chi connectivity index (χ2v) is 2.53. The summed E-state index contributed by atoms with van der Waals surface area (Å²) in [5, 5.41) is 2.88. The highest BCUT2D eigenvalue weighted by Gasteiger charge is 1.73. The van der Waals surface area contributed by atoms with Crippen LogP contribution >= 0.6 is 12.2 Å². The van der Waals surface area contributed by atoms with E-state index in [4.69, 9.17) is 5.73 Å². The molecule has 1 aromatic heterocycles. The number of nitrogens with one attached hydrogen (secondary N) is 1. The summed E-state index contributed by atoms with van der Waals surface area (Å²) in [6.45, 7) is 1.97. The Bertz CT molecular complexity index is 223. The van der Waals surface area contributed by atoms with Crippen LogP contribution in [-0.4, -0.2) is 17.1 Å². The molecule has 0 amide bonds. The van der Waals surface area contributed by atoms with E-state index in [0.29, 0.717) is 5.11 Å². The molecule has 4 heteroatoms. The van der Waals surface area contributed by atoms with Crippen LogP contribution in [0.3, 0.4) is 0 Å². The summed E-state index contributed by atoms with van der Waals surface area (Å²) in [6, 6.07) is 5.86. The summed E-state index contributed by atoms with van der Waals surface area (Å²) in [4.78, 5) is 3.98. The van der Waals surface area contributed by atoms with Crippen LogP contribution in [0.1, 0.15) is 5.69 Å². The van der Waals surface area contributed by atoms with Crippen molar-refractivity contribution in [2.45, 2.75) is 6.92 Å². The van der Waals surface area contributed by atoms with Gasteiger partial charge in [0.25, 0.3) is 0 Å². The van der Waals surface area contributed by atoms with Crippen molar-refractivity contribution in [2.24, 2.45) is 5.73 Å². The Kier molecular flexibility index (Phi) is 5.91. The minimum Gasteiger partial charge on any atom is -0.376 e. The summed E-state index contributed by atoms with van der Waals surface area (Å²) < 4.78 is 0. The van der Waals surface area contributed by atoms with Crippen LogP contribution in [-0.2, 0) is 0 Å². The van der Waals surface area contributed by atoms with Crippen LogP contribution < -0.4 is 11.1 Å². The number of hydrogen-bond donors (Lipinski definition) is 2. The zero-order valence-electron chi connectivity index (χ0n) is 7.24. The Morgan fingerprint density at radius 1 is 1.58 bits per heavy atom. The van der Waals surface area contributed by atoms with Gasteiger partial charge < -0.3 is 11.1 Å². The molecule has 0 unspecified atom stereocenters. The van der Waals surface area contributed by atoms with E-state index in [9.17, 15) is 0 Å². The van der Waals surface area contributed by atoms with E-state index in [0.717, 1.165) is 5.69 Å². The average molecular weight is 183 g/mol. The molecule has 3 N–H and O–H groups in total. The molecule has 0 saturated heterocycles. The van der Waals surface area contributed by atoms with Crippen LogP contribution in [0, 0.1) is 6.92 Å². The summed E-state index contributed by atoms with van der Waals surface area (Å²) in [7, 11) is 1.68. The lowest BCUT2D eigenvalue weighted by Crippen LogP contribution is -2.24. The van der Waals surface area contributed by atoms with Crippen molar-refractivity contribution in [3.8, 4) is 0 Å². The molecule has 0 bridgehead atoms. The third kappa shape index (κ3) is 6.95. The maximum absolute atomic E-state index is 4.91. The second kappa shape index (κ2) is 6.54. The second-order valence-electron chi connectivity index (χ2n) is 2.09. The number of hydrogen-bond acceptors (Lipinski definition) is 2. The summed E-state index contributed by atoms with van der Waals surface area (Å²) >= 11 is 4.36. The molecule has 0 saturated carbocycles. The van der Waals surface area contributed by atoms with Gasteiger partial charge >= 0.3 is 0 Å². The zero-order valence-corrected chi connectivity index (χ0v) is 8.06. The van der Waals surface area contributed by atoms with Crippen molar-refractivity contribution in [3.63, 3.8) is 0 Å². The molecule has 3 nitrogen and oxygen atoms in total. The Hall–Kier alpha value is -1.16. The predicted molar refractivity (Wildman–Crippen MR) is 54.8 cm³/mol. The van der Waals surface area contributed by atoms with E-state index in [-0.39, 0.29) is 0 Å². The minimum absolute atomic E-state index is 0.338. The lowest BCUT2D eigenvalue weighted by molar-refractivity contribution is 1.18. The van der Waals surface area contributed by atoms with E-state index >= 15 is 0 Å². The number of aryl methyl sites for hydroxylation is 1. The Morgan fingerprint density at radius 2 is 2.17 bits per heavy atom. The number of rotatable bonds is 0. The normalized spacial score (nSPS) is 7.83. The molecule has 12 heavy (non-hydrogen) atoms. The smallest absolute Gasteiger partial charge is 0.163 e. The largest absolute Gasteiger partial charge is 0.376 e. The lowest BCUT2D eigenvalue weighted by Gasteiger charge is -1.85. The molecule has 0 spiro atoms. The van der Waals surface area contributed by atoms with Crippen molar-refractivity contribution in [1.29, 1.82) is 0 Å². The van der Waals surface area contributed by atoms with Gasteiger partial charge in [-0.3, -0.25) is 4.98 Å². The molecular weight excluding hydrogens is 170 g/mol. The van der Waals surface area contributed by atoms with E-state index < -0.39 is 0 Å². The molecule has 0 aliphatic heterocycles. The topological polar surface area (TPSA) is 50.9 Å². The number of thiocarbonyl (C=S) groups is 1. The number of pyridine rings is 1. The maximum Gasteiger partial charge on any atom is 0.163 e. The van der Waals surface area contributed by atoms with E-state index in [1.54, 1.807) is 13.2 Å². The fourth-order valence-corrected chi connectivity index (χ4v) is 0.448. The molecule has 0 atom stereocenters. The van der Waals surface area contributed by atoms with Gasteiger partial charge in [0.15, 0.2) is 5.11 Å². The maximum atomic E-state index is 4.91. The van der Waals surface area contributed by atoms with Crippen molar-refractivity contribution in [1.82, 2.24) is 10.3 Å². The molecule has 1 rings (SSSR count). The van der Waals surface area contributed by atoms with Gasteiger partial charge in [-0.15, -0.1) is 0 Å². The van der Waals surface area contributed by atoms with E-state index in [1.807, 2.05) is 25.1 Å². The first kappa shape index (κ1) is 10.8. The van der Waals surface area contributed by atoms with Crippen molar-refractivity contribution in [2.75, 3.05) is 7.05 Å². The van der Waals surface area contributed by atoms with Gasteiger partial charge in [-0.2, -0.15) is 0 Å². The molecular formula is C8H13N3S. The monoisotopic (exact) mass is 183 g/mol. The predicted octanol–water partition coefficient (Wildman–Crippen LogP) is 0.839. The van der Waals surface area contributed by atoms with Crippen LogP contribution in [0.5, 0.6) is 0 Å². The fraction of sp³-hybridized carbons (Fsp3) is 0.250. The minimum atomic E-state index is 0.338. The molecule has 0 aromatic carbocycles. The van der Waals surface area contributed by atoms with Gasteiger partial charge in [-0.1, -0.05) is 6.07 Å². The van der Waals surface area contributed by atoms with Crippen LogP contribution in [0.2, 0.25) is 0 Å². The first-order valence-corrected chi connectivity index (χ1v) is 3.92. The van der Waals surface area contributed by atoms with Crippen molar-refractivity contribution < 1.29 is 0 Å². The highest BCUT2D eigenvalue weighted by Crippen LogP contribution is 1.85. The quantitative estimate of drug-likeness (QED) is 0.585. The molecule has 0 aliphatic rings. The standard InChI is InChI=1S/C6H7N.C2H6N2S/c1-6-4-2-3-5-7-6;1-4-2(3)5/h2-5H,1H3;1H3,(H3,3,4,5). The number of nitrogens with two attached hydrogens (primary N) is 1. The molecule has 1 aromatic rings. The van der Waals surface area contributed by atoms with Gasteiger partial charge in [-0.25, -0.2) is 0 Å². The van der Waals surface area contributed by atoms with E-state index in [2.05, 4.69) is 22.5 Å². The molecule has 1 heterocycles. The Labute approximate surface area is 78.0 Å². The third-order valence-corrected chi connectivity index (χ3v) is 1.26. The summed E-state index contributed by atoms with van der Waals surface area (Å²) in [5.41, 5.74) is 5.98. The van der Waals surface area contributed by atoms with Crippen molar-refractivity contribution in [3.05, 3.63) is 30.1 Å². The van der Waals surface area contributed by atoms with Gasteiger partial charge in [0.05, 0.1) is 0 Å². The Balaban J connectivity index is 0.000000217. The summed E-state index contributed by atoms with van der Waals surface area (Å²) in [5.74, 6) is 0. The highest BCUT2D eigenvalue weighted by atomic mass is 32.1. The summed E-state index contributed by atoms with van der Waals surface area (Å²) in [6.07, 6.45) is 1.79. The lowest BCUT2D eigenvalue weighted by atomic mass is 10.4. The van der Waals surface area contributed by atoms with Crippen LogP contribution in [0.25, 0.3) is 0 Å². The van der Waals surface area contributed by atoms with Gasteiger partial charge in [0.1, 0.15) is 0 Å². The number of aromatic nitrogens is 1. The molecule has 0 fully saturated rings. The van der Waals surface area contributed by atoms with Gasteiger partial charge in [-0.05, 0) is 31.3 Å². The van der Waals surface area contributed by atoms with Gasteiger partial charge in [0, 0.05) is 18.9 Å². The highest BCUT2D eigenvalue weighted by molar-refractivity contribution is 7.80. The first-order valence-electron chi connectivity index (χ1n) is 3.51. The fourth-order valence-electron chi connectivity index (χ4n) is 0.448. The third-order valence-electron chi connectivity index (χ3n) is 1.06. The zero-order chi connectivity index (χ0) is 9.40. The molecule has 0 aliphatic carbocycles. The number of nitrogens with zero attached hydrogens (tertiary/aromatic N) is 1. The Morgan fingerprint density at radius 3 is 2.33 bits per heavy atom. The molecule has 0 radical (unpaired) electrons. The van der Waals surface area contributed by atoms with Gasteiger partial charge in [0.2, 0.25) is 0 Å². The first-order chi connectivity index (χ1) is 5.66. The SMILES string of the molecule is CNC(N)=S.Cc1ccccn1. The molecule has 66 valence electrons. The average Bonchev–Trinajstić information content (AvgIpc) is 2.07. The van der Waals surface area contributed by atoms with E-state index in [1.165, 1.54) is 0 Å². The van der Waals surface area contributed by atoms with Crippen molar-refractivity contribution >= 4 is 17.3 Å².